The molecule has 0 aliphatic rings. The maximum absolute atomic E-state index is 3.96. The molecule has 0 fully saturated rings. The molecule has 0 N–H and O–H groups in total. The van der Waals surface area contributed by atoms with Gasteiger partial charge in [-0.25, -0.2) is 0 Å². The third kappa shape index (κ3) is 12.2. The molecule has 0 heterocycles. The zero-order chi connectivity index (χ0) is 40.8. The van der Waals surface area contributed by atoms with Crippen LogP contribution in [0.25, 0.3) is 5.57 Å². The van der Waals surface area contributed by atoms with Crippen LogP contribution < -0.4 is 19.6 Å². The second-order valence-electron chi connectivity index (χ2n) is 13.6. The Labute approximate surface area is 343 Å². The normalized spacial score (nSPS) is 10.6. The Bertz CT molecular complexity index is 1800. The number of nitrogens with zero attached hydrogens (tertiary/aromatic N) is 4. The molecule has 4 aromatic carbocycles. The maximum atomic E-state index is 3.96. The highest BCUT2D eigenvalue weighted by atomic mass is 15.1. The summed E-state index contributed by atoms with van der Waals surface area (Å²) in [5, 5.41) is 0. The molecular formula is C53H60N4. The molecule has 0 saturated heterocycles. The van der Waals surface area contributed by atoms with Crippen molar-refractivity contribution in [2.45, 2.75) is 5.92 Å². The van der Waals surface area contributed by atoms with Crippen LogP contribution in [0.5, 0.6) is 0 Å². The first-order valence-corrected chi connectivity index (χ1v) is 19.6. The van der Waals surface area contributed by atoms with Crippen LogP contribution in [-0.2, 0) is 0 Å². The molecule has 0 bridgehead atoms. The summed E-state index contributed by atoms with van der Waals surface area (Å²) >= 11 is 0. The van der Waals surface area contributed by atoms with Gasteiger partial charge in [0, 0.05) is 81.0 Å². The van der Waals surface area contributed by atoms with E-state index in [1.807, 2.05) is 48.6 Å². The summed E-state index contributed by atoms with van der Waals surface area (Å²) in [6.45, 7) is 37.6. The average Bonchev–Trinajstić information content (AvgIpc) is 3.24. The third-order valence-electron chi connectivity index (χ3n) is 9.68. The zero-order valence-corrected chi connectivity index (χ0v) is 33.8. The van der Waals surface area contributed by atoms with E-state index >= 15 is 0 Å². The Morgan fingerprint density at radius 2 is 0.614 bits per heavy atom. The molecular weight excluding hydrogens is 693 g/mol. The summed E-state index contributed by atoms with van der Waals surface area (Å²) in [4.78, 5) is 9.01. The summed E-state index contributed by atoms with van der Waals surface area (Å²) in [6.07, 6.45) is 22.1. The maximum Gasteiger partial charge on any atom is 0.0372 e. The molecule has 0 aliphatic carbocycles. The first-order valence-electron chi connectivity index (χ1n) is 19.6. The van der Waals surface area contributed by atoms with E-state index < -0.39 is 0 Å². The lowest BCUT2D eigenvalue weighted by molar-refractivity contribution is 0.947. The molecule has 4 heteroatoms. The van der Waals surface area contributed by atoms with Gasteiger partial charge in [-0.1, -0.05) is 115 Å². The highest BCUT2D eigenvalue weighted by Gasteiger charge is 2.15. The van der Waals surface area contributed by atoms with Gasteiger partial charge in [-0.15, -0.1) is 52.6 Å². The molecule has 0 aliphatic heterocycles. The Morgan fingerprint density at radius 1 is 0.368 bits per heavy atom. The van der Waals surface area contributed by atoms with Crippen molar-refractivity contribution in [1.29, 1.82) is 0 Å². The fraction of sp³-hybridized carbons (Fsp3) is 0.170. The minimum Gasteiger partial charge on any atom is -0.364 e. The summed E-state index contributed by atoms with van der Waals surface area (Å²) in [7, 11) is 0. The van der Waals surface area contributed by atoms with E-state index in [0.29, 0.717) is 0 Å². The first kappa shape index (κ1) is 43.2. The molecule has 0 radical (unpaired) electrons. The molecule has 4 aromatic rings. The number of hydrogen-bond acceptors (Lipinski definition) is 4. The highest BCUT2D eigenvalue weighted by Crippen LogP contribution is 2.32. The molecule has 292 valence electrons. The van der Waals surface area contributed by atoms with E-state index in [2.05, 4.69) is 188 Å². The van der Waals surface area contributed by atoms with Crippen molar-refractivity contribution in [3.8, 4) is 0 Å². The largest absolute Gasteiger partial charge is 0.364 e. The minimum absolute atomic E-state index is 0.00704. The molecule has 0 unspecified atom stereocenters. The van der Waals surface area contributed by atoms with Crippen molar-refractivity contribution in [2.75, 3.05) is 72.0 Å². The van der Waals surface area contributed by atoms with Gasteiger partial charge in [0.25, 0.3) is 0 Å². The predicted octanol–water partition coefficient (Wildman–Crippen LogP) is 12.2. The van der Waals surface area contributed by atoms with Gasteiger partial charge in [-0.2, -0.15) is 0 Å². The molecule has 4 nitrogen and oxygen atoms in total. The number of benzene rings is 4. The van der Waals surface area contributed by atoms with Crippen LogP contribution in [-0.4, -0.2) is 52.4 Å². The van der Waals surface area contributed by atoms with E-state index in [1.54, 1.807) is 0 Å². The summed E-state index contributed by atoms with van der Waals surface area (Å²) in [6, 6.07) is 35.3. The highest BCUT2D eigenvalue weighted by molar-refractivity contribution is 5.82. The number of hydrogen-bond donors (Lipinski definition) is 0. The quantitative estimate of drug-likeness (QED) is 0.0468. The number of allylic oxidation sites excluding steroid dienone is 3. The lowest BCUT2D eigenvalue weighted by Crippen LogP contribution is -2.23. The second-order valence-corrected chi connectivity index (χ2v) is 13.6. The lowest BCUT2D eigenvalue weighted by Gasteiger charge is -2.24. The monoisotopic (exact) mass is 752 g/mol. The summed E-state index contributed by atoms with van der Waals surface area (Å²) in [5.74, 6) is 0.00704. The number of anilines is 4. The van der Waals surface area contributed by atoms with Gasteiger partial charge in [-0.3, -0.25) is 0 Å². The molecule has 0 aromatic heterocycles. The topological polar surface area (TPSA) is 13.0 Å². The zero-order valence-electron chi connectivity index (χ0n) is 33.8. The van der Waals surface area contributed by atoms with Crippen LogP contribution in [0.3, 0.4) is 0 Å². The number of rotatable bonds is 26. The van der Waals surface area contributed by atoms with Gasteiger partial charge in [0.15, 0.2) is 0 Å². The van der Waals surface area contributed by atoms with Crippen molar-refractivity contribution in [1.82, 2.24) is 0 Å². The van der Waals surface area contributed by atoms with Crippen molar-refractivity contribution >= 4 is 28.3 Å². The van der Waals surface area contributed by atoms with Crippen molar-refractivity contribution in [2.24, 2.45) is 0 Å². The van der Waals surface area contributed by atoms with E-state index in [9.17, 15) is 0 Å². The fourth-order valence-electron chi connectivity index (χ4n) is 6.91. The second kappa shape index (κ2) is 23.4. The van der Waals surface area contributed by atoms with Crippen LogP contribution in [0.4, 0.5) is 22.7 Å². The van der Waals surface area contributed by atoms with Gasteiger partial charge < -0.3 is 19.6 Å². The van der Waals surface area contributed by atoms with Gasteiger partial charge in [0.05, 0.1) is 0 Å². The molecule has 0 spiro atoms. The molecule has 4 rings (SSSR count). The average molecular weight is 753 g/mol. The Kier molecular flexibility index (Phi) is 17.7. The van der Waals surface area contributed by atoms with E-state index in [-0.39, 0.29) is 5.92 Å². The van der Waals surface area contributed by atoms with Gasteiger partial charge in [0.1, 0.15) is 0 Å². The molecule has 0 saturated carbocycles. The smallest absolute Gasteiger partial charge is 0.0372 e. The Hall–Kier alpha value is -6.52. The van der Waals surface area contributed by atoms with Crippen LogP contribution in [0.15, 0.2) is 217 Å². The van der Waals surface area contributed by atoms with Crippen molar-refractivity contribution in [3.63, 3.8) is 0 Å². The van der Waals surface area contributed by atoms with Crippen LogP contribution >= 0.6 is 0 Å². The van der Waals surface area contributed by atoms with E-state index in [1.165, 1.54) is 11.1 Å². The first-order chi connectivity index (χ1) is 27.9. The lowest BCUT2D eigenvalue weighted by atomic mass is 9.90. The van der Waals surface area contributed by atoms with Crippen LogP contribution in [0, 0.1) is 0 Å². The van der Waals surface area contributed by atoms with E-state index in [0.717, 1.165) is 91.8 Å². The van der Waals surface area contributed by atoms with Gasteiger partial charge in [0.2, 0.25) is 0 Å². The molecule has 57 heavy (non-hydrogen) atoms. The van der Waals surface area contributed by atoms with E-state index in [4.69, 9.17) is 0 Å². The summed E-state index contributed by atoms with van der Waals surface area (Å²) < 4.78 is 0. The molecule has 0 atom stereocenters. The Balaban J connectivity index is 1.82. The van der Waals surface area contributed by atoms with Crippen LogP contribution in [0.2, 0.25) is 0 Å². The third-order valence-corrected chi connectivity index (χ3v) is 9.68. The summed E-state index contributed by atoms with van der Waals surface area (Å²) in [5.41, 5.74) is 10.3. The Morgan fingerprint density at radius 3 is 0.860 bits per heavy atom. The van der Waals surface area contributed by atoms with Crippen molar-refractivity contribution in [3.05, 3.63) is 239 Å². The van der Waals surface area contributed by atoms with Gasteiger partial charge in [-0.05, 0) is 76.4 Å². The molecule has 0 amide bonds. The minimum atomic E-state index is 0.00704. The van der Waals surface area contributed by atoms with Crippen molar-refractivity contribution < 1.29 is 0 Å². The SMILES string of the molecule is C=CCN(CC=C)c1ccc(C(=C/C=C/C(c2ccc(N(CC=C)CC=C)cc2)c2ccc(N(CC=C)CC=C)cc2)c2ccc(N(CC=C)CC=C)cc2)cc1. The standard InChI is InChI=1S/C53H60N4/c1-9-36-54(37-10-2)48-28-20-44(21-29-48)52(45-22-30-49(31-23-45)55(38-11-3)39-12-4)18-17-19-53(46-24-32-50(33-25-46)56(40-13-5)41-14-6)47-26-34-51(35-27-47)57(42-15-7)43-16-8/h9-35,52H,1-8,36-43H2/b18-17+. The fourth-order valence-corrected chi connectivity index (χ4v) is 6.91. The van der Waals surface area contributed by atoms with Gasteiger partial charge >= 0.3 is 0 Å². The predicted molar refractivity (Wildman–Crippen MR) is 254 cm³/mol. The van der Waals surface area contributed by atoms with Crippen LogP contribution in [0.1, 0.15) is 28.2 Å².